The molecule has 4 rings (SSSR count). The van der Waals surface area contributed by atoms with Gasteiger partial charge in [0, 0.05) is 28.5 Å². The predicted octanol–water partition coefficient (Wildman–Crippen LogP) is 4.80. The number of likely N-dealkylation sites (tertiary alicyclic amines) is 1. The van der Waals surface area contributed by atoms with E-state index in [2.05, 4.69) is 27.0 Å². The van der Waals surface area contributed by atoms with Gasteiger partial charge in [0.15, 0.2) is 0 Å². The topological polar surface area (TPSA) is 83.0 Å². The van der Waals surface area contributed by atoms with Crippen molar-refractivity contribution in [3.63, 3.8) is 0 Å². The van der Waals surface area contributed by atoms with Gasteiger partial charge >= 0.3 is 0 Å². The minimum Gasteiger partial charge on any atom is -0.397 e. The molecule has 1 fully saturated rings. The Bertz CT molecular complexity index is 1010. The Morgan fingerprint density at radius 1 is 1.33 bits per heavy atom. The standard InChI is InChI=1S/C18H13BrN4OS.C2H6/c19-11-5-3-10(4-6-11)13-9-23(14(13)8-20)18(24)16-15(21)12-2-1-7-22-17(12)25-16;1-2/h1-7,13-14H,9,21H2;1-2H3. The number of hydrogen-bond donors (Lipinski definition) is 1. The van der Waals surface area contributed by atoms with Crippen LogP contribution in [0.25, 0.3) is 10.2 Å². The van der Waals surface area contributed by atoms with Crippen molar-refractivity contribution in [2.24, 2.45) is 0 Å². The maximum absolute atomic E-state index is 12.9. The maximum Gasteiger partial charge on any atom is 0.267 e. The Kier molecular flexibility index (Phi) is 5.78. The molecule has 0 spiro atoms. The Hall–Kier alpha value is -2.43. The van der Waals surface area contributed by atoms with Gasteiger partial charge in [0.05, 0.1) is 11.8 Å². The summed E-state index contributed by atoms with van der Waals surface area (Å²) in [6.45, 7) is 4.51. The number of nitrogen functional groups attached to an aromatic ring is 1. The SMILES string of the molecule is CC.N#CC1C(c2ccc(Br)cc2)CN1C(=O)c1sc2ncccc2c1N. The summed E-state index contributed by atoms with van der Waals surface area (Å²) in [6, 6.07) is 13.3. The fourth-order valence-corrected chi connectivity index (χ4v) is 4.40. The van der Waals surface area contributed by atoms with Crippen LogP contribution in [0.3, 0.4) is 0 Å². The van der Waals surface area contributed by atoms with Crippen molar-refractivity contribution in [2.75, 3.05) is 12.3 Å². The summed E-state index contributed by atoms with van der Waals surface area (Å²) >= 11 is 4.69. The van der Waals surface area contributed by atoms with Gasteiger partial charge in [-0.2, -0.15) is 5.26 Å². The average molecular weight is 443 g/mol. The summed E-state index contributed by atoms with van der Waals surface area (Å²) in [7, 11) is 0. The molecule has 1 amide bonds. The second kappa shape index (κ2) is 8.07. The Balaban J connectivity index is 0.00000102. The van der Waals surface area contributed by atoms with Crippen molar-refractivity contribution in [1.29, 1.82) is 5.26 Å². The lowest BCUT2D eigenvalue weighted by Crippen LogP contribution is -2.56. The van der Waals surface area contributed by atoms with Crippen LogP contribution >= 0.6 is 27.3 Å². The van der Waals surface area contributed by atoms with Crippen molar-refractivity contribution < 1.29 is 4.79 Å². The average Bonchev–Trinajstić information content (AvgIpc) is 3.01. The van der Waals surface area contributed by atoms with Crippen LogP contribution in [0, 0.1) is 11.3 Å². The molecule has 3 aromatic rings. The number of thiophene rings is 1. The summed E-state index contributed by atoms with van der Waals surface area (Å²) in [5.74, 6) is -0.170. The van der Waals surface area contributed by atoms with Gasteiger partial charge in [0.2, 0.25) is 0 Å². The number of amides is 1. The van der Waals surface area contributed by atoms with E-state index in [0.717, 1.165) is 20.3 Å². The Labute approximate surface area is 170 Å². The molecule has 5 nitrogen and oxygen atoms in total. The summed E-state index contributed by atoms with van der Waals surface area (Å²) in [5, 5.41) is 10.3. The van der Waals surface area contributed by atoms with E-state index in [9.17, 15) is 10.1 Å². The first kappa shape index (κ1) is 19.3. The quantitative estimate of drug-likeness (QED) is 0.617. The van der Waals surface area contributed by atoms with Crippen LogP contribution in [0.5, 0.6) is 0 Å². The third-order valence-corrected chi connectivity index (χ3v) is 6.15. The maximum atomic E-state index is 12.9. The van der Waals surface area contributed by atoms with Crippen molar-refractivity contribution in [2.45, 2.75) is 25.8 Å². The van der Waals surface area contributed by atoms with Crippen molar-refractivity contribution in [3.05, 3.63) is 57.5 Å². The van der Waals surface area contributed by atoms with Crippen LogP contribution in [0.1, 0.15) is 35.0 Å². The van der Waals surface area contributed by atoms with E-state index in [1.807, 2.05) is 44.2 Å². The number of rotatable bonds is 2. The third-order valence-electron chi connectivity index (χ3n) is 4.50. The summed E-state index contributed by atoms with van der Waals surface area (Å²) in [6.07, 6.45) is 1.68. The lowest BCUT2D eigenvalue weighted by Gasteiger charge is -2.44. The zero-order chi connectivity index (χ0) is 19.6. The third kappa shape index (κ3) is 3.43. The molecule has 27 heavy (non-hydrogen) atoms. The summed E-state index contributed by atoms with van der Waals surface area (Å²) in [4.78, 5) is 19.9. The number of aromatic nitrogens is 1. The van der Waals surface area contributed by atoms with E-state index >= 15 is 0 Å². The summed E-state index contributed by atoms with van der Waals surface area (Å²) in [5.41, 5.74) is 7.65. The molecule has 1 aromatic carbocycles. The number of benzene rings is 1. The molecular formula is C20H19BrN4OS. The zero-order valence-electron chi connectivity index (χ0n) is 15.0. The van der Waals surface area contributed by atoms with Crippen molar-refractivity contribution in [3.8, 4) is 6.07 Å². The van der Waals surface area contributed by atoms with Gasteiger partial charge < -0.3 is 10.6 Å². The highest BCUT2D eigenvalue weighted by atomic mass is 79.9. The van der Waals surface area contributed by atoms with E-state index in [1.54, 1.807) is 17.2 Å². The molecule has 7 heteroatoms. The molecule has 2 atom stereocenters. The molecule has 0 bridgehead atoms. The van der Waals surface area contributed by atoms with E-state index in [-0.39, 0.29) is 11.8 Å². The fourth-order valence-electron chi connectivity index (χ4n) is 3.11. The van der Waals surface area contributed by atoms with Crippen LogP contribution in [-0.2, 0) is 0 Å². The van der Waals surface area contributed by atoms with Crippen LogP contribution in [0.2, 0.25) is 0 Å². The number of nitrogens with zero attached hydrogens (tertiary/aromatic N) is 3. The number of fused-ring (bicyclic) bond motifs is 1. The molecule has 1 saturated heterocycles. The number of hydrogen-bond acceptors (Lipinski definition) is 5. The number of nitrogens with two attached hydrogens (primary N) is 1. The lowest BCUT2D eigenvalue weighted by molar-refractivity contribution is 0.0492. The number of carbonyl (C=O) groups is 1. The van der Waals surface area contributed by atoms with E-state index in [4.69, 9.17) is 5.73 Å². The summed E-state index contributed by atoms with van der Waals surface area (Å²) < 4.78 is 0.988. The van der Waals surface area contributed by atoms with E-state index in [0.29, 0.717) is 17.1 Å². The van der Waals surface area contributed by atoms with Gasteiger partial charge in [0.1, 0.15) is 15.7 Å². The first-order valence-corrected chi connectivity index (χ1v) is 10.3. The molecule has 2 N–H and O–H groups in total. The van der Waals surface area contributed by atoms with E-state index in [1.165, 1.54) is 11.3 Å². The number of carbonyl (C=O) groups excluding carboxylic acids is 1. The predicted molar refractivity (Wildman–Crippen MR) is 113 cm³/mol. The van der Waals surface area contributed by atoms with Gasteiger partial charge in [-0.25, -0.2) is 4.98 Å². The molecule has 0 radical (unpaired) electrons. The van der Waals surface area contributed by atoms with Crippen LogP contribution in [0.15, 0.2) is 47.1 Å². The molecule has 2 unspecified atom stereocenters. The molecule has 1 aliphatic rings. The lowest BCUT2D eigenvalue weighted by atomic mass is 9.83. The Morgan fingerprint density at radius 3 is 2.67 bits per heavy atom. The largest absolute Gasteiger partial charge is 0.397 e. The number of nitriles is 1. The van der Waals surface area contributed by atoms with Crippen LogP contribution in [-0.4, -0.2) is 28.4 Å². The second-order valence-corrected chi connectivity index (χ2v) is 7.81. The molecule has 0 saturated carbocycles. The van der Waals surface area contributed by atoms with Crippen LogP contribution in [0.4, 0.5) is 5.69 Å². The number of pyridine rings is 1. The van der Waals surface area contributed by atoms with Crippen LogP contribution < -0.4 is 5.73 Å². The highest BCUT2D eigenvalue weighted by Crippen LogP contribution is 2.39. The number of halogens is 1. The highest BCUT2D eigenvalue weighted by molar-refractivity contribution is 9.10. The van der Waals surface area contributed by atoms with Crippen molar-refractivity contribution >= 4 is 49.1 Å². The molecule has 1 aliphatic heterocycles. The van der Waals surface area contributed by atoms with Crippen molar-refractivity contribution in [1.82, 2.24) is 9.88 Å². The number of anilines is 1. The fraction of sp³-hybridized carbons (Fsp3) is 0.250. The molecule has 138 valence electrons. The minimum atomic E-state index is -0.480. The zero-order valence-corrected chi connectivity index (χ0v) is 17.4. The molecular weight excluding hydrogens is 424 g/mol. The molecule has 3 heterocycles. The molecule has 0 aliphatic carbocycles. The first-order chi connectivity index (χ1) is 13.1. The molecule has 2 aromatic heterocycles. The normalized spacial score (nSPS) is 18.2. The Morgan fingerprint density at radius 2 is 2.04 bits per heavy atom. The van der Waals surface area contributed by atoms with Gasteiger partial charge in [-0.15, -0.1) is 11.3 Å². The van der Waals surface area contributed by atoms with Gasteiger partial charge in [-0.1, -0.05) is 41.9 Å². The minimum absolute atomic E-state index is 0.0239. The monoisotopic (exact) mass is 442 g/mol. The van der Waals surface area contributed by atoms with Gasteiger partial charge in [-0.3, -0.25) is 4.79 Å². The van der Waals surface area contributed by atoms with E-state index < -0.39 is 6.04 Å². The second-order valence-electron chi connectivity index (χ2n) is 5.89. The first-order valence-electron chi connectivity index (χ1n) is 8.69. The highest BCUT2D eigenvalue weighted by Gasteiger charge is 2.44. The van der Waals surface area contributed by atoms with Gasteiger partial charge in [0.25, 0.3) is 5.91 Å². The van der Waals surface area contributed by atoms with Gasteiger partial charge in [-0.05, 0) is 29.8 Å². The smallest absolute Gasteiger partial charge is 0.267 e.